The quantitative estimate of drug-likeness (QED) is 0.831. The maximum Gasteiger partial charge on any atom is 0.255 e. The molecule has 2 aromatic rings. The summed E-state index contributed by atoms with van der Waals surface area (Å²) in [7, 11) is 0. The maximum atomic E-state index is 12.8. The van der Waals surface area contributed by atoms with Crippen molar-refractivity contribution in [2.75, 3.05) is 19.6 Å². The first-order valence-electron chi connectivity index (χ1n) is 7.51. The molecule has 0 radical (unpaired) electrons. The predicted molar refractivity (Wildman–Crippen MR) is 101 cm³/mol. The van der Waals surface area contributed by atoms with Gasteiger partial charge in [-0.25, -0.2) is 0 Å². The van der Waals surface area contributed by atoms with E-state index in [4.69, 9.17) is 0 Å². The minimum atomic E-state index is 0. The Morgan fingerprint density at radius 1 is 1.35 bits per heavy atom. The van der Waals surface area contributed by atoms with Crippen molar-refractivity contribution < 1.29 is 4.79 Å². The molecule has 2 heterocycles. The molecule has 1 fully saturated rings. The molecule has 0 spiro atoms. The van der Waals surface area contributed by atoms with Gasteiger partial charge in [0.25, 0.3) is 5.91 Å². The van der Waals surface area contributed by atoms with Crippen LogP contribution in [0.4, 0.5) is 0 Å². The number of rotatable bonds is 4. The average Bonchev–Trinajstić information content (AvgIpc) is 3.06. The number of carbonyl (C=O) groups is 1. The molecular formula is C17H21ClN2OS2. The topological polar surface area (TPSA) is 32.3 Å². The summed E-state index contributed by atoms with van der Waals surface area (Å²) in [6.45, 7) is 4.56. The zero-order valence-corrected chi connectivity index (χ0v) is 15.5. The van der Waals surface area contributed by atoms with E-state index < -0.39 is 0 Å². The van der Waals surface area contributed by atoms with Crippen molar-refractivity contribution in [3.8, 4) is 0 Å². The number of piperazine rings is 1. The molecule has 3 rings (SSSR count). The summed E-state index contributed by atoms with van der Waals surface area (Å²) in [4.78, 5) is 17.2. The molecule has 1 aromatic carbocycles. The molecule has 1 aliphatic heterocycles. The normalized spacial score (nSPS) is 17.6. The SMILES string of the molecule is CC1CN(C(=O)c2ccccc2SCc2cccs2)CCN1.Cl. The van der Waals surface area contributed by atoms with Gasteiger partial charge in [0.05, 0.1) is 5.56 Å². The van der Waals surface area contributed by atoms with Crippen LogP contribution in [0.25, 0.3) is 0 Å². The smallest absolute Gasteiger partial charge is 0.255 e. The number of amides is 1. The highest BCUT2D eigenvalue weighted by Crippen LogP contribution is 2.28. The molecule has 1 aromatic heterocycles. The molecule has 1 N–H and O–H groups in total. The third-order valence-electron chi connectivity index (χ3n) is 3.72. The average molecular weight is 369 g/mol. The molecule has 1 unspecified atom stereocenters. The zero-order chi connectivity index (χ0) is 15.4. The van der Waals surface area contributed by atoms with E-state index in [1.165, 1.54) is 4.88 Å². The van der Waals surface area contributed by atoms with Crippen molar-refractivity contribution in [2.24, 2.45) is 0 Å². The number of hydrogen-bond donors (Lipinski definition) is 1. The van der Waals surface area contributed by atoms with Crippen LogP contribution in [-0.2, 0) is 5.75 Å². The first kappa shape index (κ1) is 18.3. The lowest BCUT2D eigenvalue weighted by Gasteiger charge is -2.32. The van der Waals surface area contributed by atoms with E-state index in [0.29, 0.717) is 6.04 Å². The van der Waals surface area contributed by atoms with Gasteiger partial charge in [-0.15, -0.1) is 35.5 Å². The molecule has 3 nitrogen and oxygen atoms in total. The Morgan fingerprint density at radius 2 is 2.17 bits per heavy atom. The summed E-state index contributed by atoms with van der Waals surface area (Å²) >= 11 is 3.51. The van der Waals surface area contributed by atoms with Crippen LogP contribution >= 0.6 is 35.5 Å². The Morgan fingerprint density at radius 3 is 2.91 bits per heavy atom. The van der Waals surface area contributed by atoms with Gasteiger partial charge in [0, 0.05) is 41.2 Å². The molecule has 6 heteroatoms. The Balaban J connectivity index is 0.00000192. The fourth-order valence-electron chi connectivity index (χ4n) is 2.60. The number of halogens is 1. The van der Waals surface area contributed by atoms with Crippen LogP contribution in [0.15, 0.2) is 46.7 Å². The van der Waals surface area contributed by atoms with Crippen LogP contribution in [-0.4, -0.2) is 36.5 Å². The van der Waals surface area contributed by atoms with Crippen molar-refractivity contribution in [3.05, 3.63) is 52.2 Å². The van der Waals surface area contributed by atoms with Gasteiger partial charge in [0.1, 0.15) is 0 Å². The van der Waals surface area contributed by atoms with E-state index in [1.807, 2.05) is 23.1 Å². The van der Waals surface area contributed by atoms with E-state index in [1.54, 1.807) is 23.1 Å². The number of nitrogens with zero attached hydrogens (tertiary/aromatic N) is 1. The Bertz CT molecular complexity index is 633. The Kier molecular flexibility index (Phi) is 6.96. The van der Waals surface area contributed by atoms with Crippen molar-refractivity contribution in [2.45, 2.75) is 23.6 Å². The van der Waals surface area contributed by atoms with E-state index in [0.717, 1.165) is 35.8 Å². The van der Waals surface area contributed by atoms with Crippen molar-refractivity contribution in [1.82, 2.24) is 10.2 Å². The molecule has 1 atom stereocenters. The molecule has 1 saturated heterocycles. The van der Waals surface area contributed by atoms with Gasteiger partial charge < -0.3 is 10.2 Å². The van der Waals surface area contributed by atoms with Crippen LogP contribution in [0, 0.1) is 0 Å². The van der Waals surface area contributed by atoms with Crippen LogP contribution in [0.1, 0.15) is 22.2 Å². The van der Waals surface area contributed by atoms with Gasteiger partial charge in [0.2, 0.25) is 0 Å². The van der Waals surface area contributed by atoms with Gasteiger partial charge >= 0.3 is 0 Å². The van der Waals surface area contributed by atoms with E-state index in [2.05, 4.69) is 35.8 Å². The Labute approximate surface area is 151 Å². The fraction of sp³-hybridized carbons (Fsp3) is 0.353. The monoisotopic (exact) mass is 368 g/mol. The molecule has 1 amide bonds. The number of carbonyl (C=O) groups excluding carboxylic acids is 1. The minimum absolute atomic E-state index is 0. The Hall–Kier alpha value is -1.01. The van der Waals surface area contributed by atoms with Gasteiger partial charge in [-0.1, -0.05) is 18.2 Å². The first-order chi connectivity index (χ1) is 10.7. The highest BCUT2D eigenvalue weighted by atomic mass is 35.5. The third-order valence-corrected chi connectivity index (χ3v) is 5.90. The summed E-state index contributed by atoms with van der Waals surface area (Å²) < 4.78 is 0. The molecule has 124 valence electrons. The van der Waals surface area contributed by atoms with Crippen LogP contribution in [0.2, 0.25) is 0 Å². The van der Waals surface area contributed by atoms with Crippen LogP contribution in [0.3, 0.4) is 0 Å². The van der Waals surface area contributed by atoms with Gasteiger partial charge in [-0.3, -0.25) is 4.79 Å². The zero-order valence-electron chi connectivity index (χ0n) is 13.0. The number of benzene rings is 1. The summed E-state index contributed by atoms with van der Waals surface area (Å²) in [5, 5.41) is 5.47. The van der Waals surface area contributed by atoms with Gasteiger partial charge in [0.15, 0.2) is 0 Å². The first-order valence-corrected chi connectivity index (χ1v) is 9.37. The van der Waals surface area contributed by atoms with Crippen molar-refractivity contribution >= 4 is 41.4 Å². The largest absolute Gasteiger partial charge is 0.336 e. The summed E-state index contributed by atoms with van der Waals surface area (Å²) in [5.74, 6) is 1.07. The number of thioether (sulfide) groups is 1. The van der Waals surface area contributed by atoms with Gasteiger partial charge in [-0.2, -0.15) is 0 Å². The van der Waals surface area contributed by atoms with E-state index in [9.17, 15) is 4.79 Å². The lowest BCUT2D eigenvalue weighted by atomic mass is 10.1. The summed E-state index contributed by atoms with van der Waals surface area (Å²) in [5.41, 5.74) is 0.832. The highest BCUT2D eigenvalue weighted by molar-refractivity contribution is 7.98. The number of nitrogens with one attached hydrogen (secondary N) is 1. The molecule has 1 aliphatic rings. The number of hydrogen-bond acceptors (Lipinski definition) is 4. The predicted octanol–water partition coefficient (Wildman–Crippen LogP) is 3.90. The maximum absolute atomic E-state index is 12.8. The van der Waals surface area contributed by atoms with Crippen LogP contribution in [0.5, 0.6) is 0 Å². The lowest BCUT2D eigenvalue weighted by molar-refractivity contribution is 0.0705. The minimum Gasteiger partial charge on any atom is -0.336 e. The van der Waals surface area contributed by atoms with Gasteiger partial charge in [-0.05, 0) is 30.5 Å². The van der Waals surface area contributed by atoms with E-state index in [-0.39, 0.29) is 18.3 Å². The number of thiophene rings is 1. The summed E-state index contributed by atoms with van der Waals surface area (Å²) in [6, 6.07) is 12.5. The molecular weight excluding hydrogens is 348 g/mol. The van der Waals surface area contributed by atoms with Crippen molar-refractivity contribution in [1.29, 1.82) is 0 Å². The lowest BCUT2D eigenvalue weighted by Crippen LogP contribution is -2.51. The summed E-state index contributed by atoms with van der Waals surface area (Å²) in [6.07, 6.45) is 0. The third kappa shape index (κ3) is 4.73. The molecule has 23 heavy (non-hydrogen) atoms. The molecule has 0 aliphatic carbocycles. The second-order valence-electron chi connectivity index (χ2n) is 5.47. The standard InChI is InChI=1S/C17H20N2OS2.ClH/c1-13-11-19(9-8-18-13)17(20)15-6-2-3-7-16(15)22-12-14-5-4-10-21-14;/h2-7,10,13,18H,8-9,11-12H2,1H3;1H. The second kappa shape index (κ2) is 8.73. The van der Waals surface area contributed by atoms with Crippen molar-refractivity contribution in [3.63, 3.8) is 0 Å². The second-order valence-corrected chi connectivity index (χ2v) is 7.52. The molecule has 0 bridgehead atoms. The highest BCUT2D eigenvalue weighted by Gasteiger charge is 2.23. The fourth-order valence-corrected chi connectivity index (χ4v) is 4.42. The van der Waals surface area contributed by atoms with E-state index >= 15 is 0 Å². The van der Waals surface area contributed by atoms with Crippen LogP contribution < -0.4 is 5.32 Å². The molecule has 0 saturated carbocycles.